The monoisotopic (exact) mass is 289 g/mol. The van der Waals surface area contributed by atoms with Gasteiger partial charge in [0.1, 0.15) is 0 Å². The van der Waals surface area contributed by atoms with Gasteiger partial charge >= 0.3 is 0 Å². The number of hydrogen-bond donors (Lipinski definition) is 1. The molecule has 0 aromatic heterocycles. The highest BCUT2D eigenvalue weighted by Crippen LogP contribution is 2.25. The summed E-state index contributed by atoms with van der Waals surface area (Å²) >= 11 is 0. The second-order valence-corrected chi connectivity index (χ2v) is 8.14. The molecule has 0 amide bonds. The average Bonchev–Trinajstić information content (AvgIpc) is 2.39. The van der Waals surface area contributed by atoms with Crippen molar-refractivity contribution >= 4 is 10.2 Å². The molecule has 2 heterocycles. The summed E-state index contributed by atoms with van der Waals surface area (Å²) < 4.78 is 28.5. The second kappa shape index (κ2) is 6.08. The van der Waals surface area contributed by atoms with Crippen LogP contribution in [0, 0.1) is 11.8 Å². The minimum absolute atomic E-state index is 0.167. The molecule has 2 aliphatic heterocycles. The summed E-state index contributed by atoms with van der Waals surface area (Å²) in [7, 11) is -3.24. The van der Waals surface area contributed by atoms with E-state index >= 15 is 0 Å². The Bertz CT molecular complexity index is 389. The molecule has 5 nitrogen and oxygen atoms in total. The highest BCUT2D eigenvalue weighted by Gasteiger charge is 2.35. The summed E-state index contributed by atoms with van der Waals surface area (Å²) in [5, 5.41) is 0. The van der Waals surface area contributed by atoms with Gasteiger partial charge in [0.25, 0.3) is 10.2 Å². The largest absolute Gasteiger partial charge is 0.328 e. The molecule has 0 saturated carbocycles. The predicted molar refractivity (Wildman–Crippen MR) is 76.8 cm³/mol. The lowest BCUT2D eigenvalue weighted by atomic mass is 9.92. The Morgan fingerprint density at radius 2 is 1.74 bits per heavy atom. The maximum atomic E-state index is 12.6. The maximum absolute atomic E-state index is 12.6. The Hall–Kier alpha value is -0.170. The molecule has 0 bridgehead atoms. The molecule has 0 spiro atoms. The van der Waals surface area contributed by atoms with Gasteiger partial charge in [-0.3, -0.25) is 0 Å². The van der Waals surface area contributed by atoms with E-state index in [0.717, 1.165) is 25.7 Å². The van der Waals surface area contributed by atoms with Crippen molar-refractivity contribution in [1.82, 2.24) is 8.61 Å². The van der Waals surface area contributed by atoms with Crippen LogP contribution in [0.1, 0.15) is 39.5 Å². The Morgan fingerprint density at radius 3 is 2.26 bits per heavy atom. The number of rotatable bonds is 3. The molecule has 112 valence electrons. The van der Waals surface area contributed by atoms with E-state index in [4.69, 9.17) is 5.73 Å². The number of nitrogens with two attached hydrogens (primary N) is 1. The van der Waals surface area contributed by atoms with Crippen LogP contribution in [0.4, 0.5) is 0 Å². The molecule has 2 unspecified atom stereocenters. The van der Waals surface area contributed by atoms with Gasteiger partial charge in [0.2, 0.25) is 0 Å². The van der Waals surface area contributed by atoms with Gasteiger partial charge in [0, 0.05) is 32.2 Å². The van der Waals surface area contributed by atoms with Crippen LogP contribution in [0.5, 0.6) is 0 Å². The lowest BCUT2D eigenvalue weighted by Gasteiger charge is -2.38. The fourth-order valence-corrected chi connectivity index (χ4v) is 4.95. The lowest BCUT2D eigenvalue weighted by molar-refractivity contribution is 0.217. The van der Waals surface area contributed by atoms with E-state index in [2.05, 4.69) is 6.92 Å². The highest BCUT2D eigenvalue weighted by atomic mass is 32.2. The quantitative estimate of drug-likeness (QED) is 0.843. The van der Waals surface area contributed by atoms with Gasteiger partial charge < -0.3 is 5.73 Å². The summed E-state index contributed by atoms with van der Waals surface area (Å²) in [6.07, 6.45) is 3.90. The Balaban J connectivity index is 1.97. The fraction of sp³-hybridized carbons (Fsp3) is 1.00. The smallest absolute Gasteiger partial charge is 0.281 e. The summed E-state index contributed by atoms with van der Waals surface area (Å²) in [5.74, 6) is 0.942. The average molecular weight is 289 g/mol. The normalized spacial score (nSPS) is 30.4. The molecule has 2 saturated heterocycles. The maximum Gasteiger partial charge on any atom is 0.281 e. The molecular weight excluding hydrogens is 262 g/mol. The van der Waals surface area contributed by atoms with E-state index in [9.17, 15) is 8.42 Å². The van der Waals surface area contributed by atoms with Crippen molar-refractivity contribution in [2.24, 2.45) is 17.6 Å². The second-order valence-electron chi connectivity index (χ2n) is 6.21. The van der Waals surface area contributed by atoms with Crippen LogP contribution in [0.2, 0.25) is 0 Å². The third-order valence-corrected chi connectivity index (χ3v) is 6.52. The van der Waals surface area contributed by atoms with E-state index in [-0.39, 0.29) is 6.04 Å². The van der Waals surface area contributed by atoms with E-state index in [1.807, 2.05) is 6.92 Å². The topological polar surface area (TPSA) is 66.6 Å². The molecule has 6 heteroatoms. The standard InChI is InChI=1S/C13H27N3O2S/c1-11-4-3-7-16(10-11)19(17,18)15-8-5-13(6-9-15)12(2)14/h11-13H,3-10,14H2,1-2H3. The fourth-order valence-electron chi connectivity index (χ4n) is 3.15. The number of piperidine rings is 2. The van der Waals surface area contributed by atoms with E-state index < -0.39 is 10.2 Å². The van der Waals surface area contributed by atoms with Crippen molar-refractivity contribution in [1.29, 1.82) is 0 Å². The molecule has 2 aliphatic rings. The van der Waals surface area contributed by atoms with Gasteiger partial charge in [0.15, 0.2) is 0 Å². The molecular formula is C13H27N3O2S. The zero-order valence-corrected chi connectivity index (χ0v) is 12.9. The van der Waals surface area contributed by atoms with Crippen LogP contribution in [0.25, 0.3) is 0 Å². The molecule has 0 radical (unpaired) electrons. The van der Waals surface area contributed by atoms with E-state index in [1.165, 1.54) is 0 Å². The Morgan fingerprint density at radius 1 is 1.11 bits per heavy atom. The summed E-state index contributed by atoms with van der Waals surface area (Å²) in [5.41, 5.74) is 5.90. The van der Waals surface area contributed by atoms with Gasteiger partial charge in [-0.2, -0.15) is 17.0 Å². The molecule has 0 aliphatic carbocycles. The first-order valence-corrected chi connectivity index (χ1v) is 8.81. The van der Waals surface area contributed by atoms with Crippen molar-refractivity contribution < 1.29 is 8.42 Å². The van der Waals surface area contributed by atoms with Crippen LogP contribution in [-0.4, -0.2) is 49.2 Å². The van der Waals surface area contributed by atoms with Crippen LogP contribution < -0.4 is 5.73 Å². The van der Waals surface area contributed by atoms with Crippen molar-refractivity contribution in [3.63, 3.8) is 0 Å². The Kier molecular flexibility index (Phi) is 4.87. The molecule has 19 heavy (non-hydrogen) atoms. The third-order valence-electron chi connectivity index (χ3n) is 4.51. The van der Waals surface area contributed by atoms with Crippen molar-refractivity contribution in [3.05, 3.63) is 0 Å². The Labute approximate surface area is 117 Å². The van der Waals surface area contributed by atoms with Gasteiger partial charge in [-0.1, -0.05) is 6.92 Å². The molecule has 2 rings (SSSR count). The van der Waals surface area contributed by atoms with Gasteiger partial charge in [-0.15, -0.1) is 0 Å². The summed E-state index contributed by atoms with van der Waals surface area (Å²) in [6.45, 7) is 6.75. The lowest BCUT2D eigenvalue weighted by Crippen LogP contribution is -2.51. The summed E-state index contributed by atoms with van der Waals surface area (Å²) in [4.78, 5) is 0. The number of hydrogen-bond acceptors (Lipinski definition) is 3. The molecule has 2 atom stereocenters. The van der Waals surface area contributed by atoms with Crippen LogP contribution in [0.15, 0.2) is 0 Å². The molecule has 2 fully saturated rings. The van der Waals surface area contributed by atoms with E-state index in [0.29, 0.717) is 38.0 Å². The van der Waals surface area contributed by atoms with Crippen molar-refractivity contribution in [2.45, 2.75) is 45.6 Å². The predicted octanol–water partition coefficient (Wildman–Crippen LogP) is 1.02. The zero-order valence-electron chi connectivity index (χ0n) is 12.1. The zero-order chi connectivity index (χ0) is 14.0. The van der Waals surface area contributed by atoms with E-state index in [1.54, 1.807) is 8.61 Å². The van der Waals surface area contributed by atoms with Crippen LogP contribution in [-0.2, 0) is 10.2 Å². The third kappa shape index (κ3) is 3.48. The first-order chi connectivity index (χ1) is 8.91. The first kappa shape index (κ1) is 15.2. The molecule has 0 aromatic carbocycles. The minimum atomic E-state index is -3.24. The van der Waals surface area contributed by atoms with Gasteiger partial charge in [-0.25, -0.2) is 0 Å². The molecule has 0 aromatic rings. The first-order valence-electron chi connectivity index (χ1n) is 7.42. The van der Waals surface area contributed by atoms with Gasteiger partial charge in [-0.05, 0) is 44.4 Å². The number of nitrogens with zero attached hydrogens (tertiary/aromatic N) is 2. The van der Waals surface area contributed by atoms with Crippen LogP contribution >= 0.6 is 0 Å². The minimum Gasteiger partial charge on any atom is -0.328 e. The van der Waals surface area contributed by atoms with Crippen molar-refractivity contribution in [3.8, 4) is 0 Å². The molecule has 2 N–H and O–H groups in total. The summed E-state index contributed by atoms with van der Waals surface area (Å²) in [6, 6.07) is 0.167. The van der Waals surface area contributed by atoms with Crippen LogP contribution in [0.3, 0.4) is 0 Å². The highest BCUT2D eigenvalue weighted by molar-refractivity contribution is 7.86. The van der Waals surface area contributed by atoms with Gasteiger partial charge in [0.05, 0.1) is 0 Å². The van der Waals surface area contributed by atoms with Crippen molar-refractivity contribution in [2.75, 3.05) is 26.2 Å². The SMILES string of the molecule is CC1CCCN(S(=O)(=O)N2CCC(C(C)N)CC2)C1.